The van der Waals surface area contributed by atoms with Crippen LogP contribution in [0.25, 0.3) is 0 Å². The maximum atomic E-state index is 13.6. The quantitative estimate of drug-likeness (QED) is 0.544. The van der Waals surface area contributed by atoms with Gasteiger partial charge in [0.2, 0.25) is 5.91 Å². The molecule has 8 nitrogen and oxygen atoms in total. The SMILES string of the molecule is CC1(OC(=O)C2C3CC4C2C(=O)N(C(C)(C)C)C4C3OC(=O)CCN2CCOCC2)CCCC1. The van der Waals surface area contributed by atoms with E-state index in [9.17, 15) is 14.4 Å². The molecule has 5 fully saturated rings. The number of nitrogens with zero attached hydrogens (tertiary/aromatic N) is 2. The number of esters is 2. The van der Waals surface area contributed by atoms with Gasteiger partial charge in [0.25, 0.3) is 0 Å². The van der Waals surface area contributed by atoms with Crippen molar-refractivity contribution in [3.63, 3.8) is 0 Å². The fourth-order valence-electron chi connectivity index (χ4n) is 7.39. The number of hydrogen-bond acceptors (Lipinski definition) is 7. The van der Waals surface area contributed by atoms with Crippen LogP contribution in [0.2, 0.25) is 0 Å². The number of likely N-dealkylation sites (tertiary alicyclic amines) is 1. The molecule has 6 unspecified atom stereocenters. The number of morpholine rings is 1. The Kier molecular flexibility index (Phi) is 6.20. The number of hydrogen-bond donors (Lipinski definition) is 0. The van der Waals surface area contributed by atoms with E-state index in [1.807, 2.05) is 32.6 Å². The first-order valence-electron chi connectivity index (χ1n) is 13.1. The number of amides is 1. The molecular formula is C26H40N2O6. The summed E-state index contributed by atoms with van der Waals surface area (Å²) in [5.74, 6) is -1.47. The van der Waals surface area contributed by atoms with E-state index in [1.165, 1.54) is 0 Å². The number of carbonyl (C=O) groups is 3. The topological polar surface area (TPSA) is 85.4 Å². The molecule has 0 N–H and O–H groups in total. The van der Waals surface area contributed by atoms with E-state index in [1.54, 1.807) is 0 Å². The van der Waals surface area contributed by atoms with Crippen molar-refractivity contribution in [3.8, 4) is 0 Å². The van der Waals surface area contributed by atoms with Crippen molar-refractivity contribution in [3.05, 3.63) is 0 Å². The van der Waals surface area contributed by atoms with E-state index in [4.69, 9.17) is 14.2 Å². The molecule has 2 aliphatic heterocycles. The molecule has 0 aromatic carbocycles. The number of fused-ring (bicyclic) bond motifs is 1. The molecule has 3 saturated carbocycles. The molecule has 1 amide bonds. The Morgan fingerprint density at radius 3 is 2.44 bits per heavy atom. The van der Waals surface area contributed by atoms with E-state index in [0.29, 0.717) is 26.2 Å². The highest BCUT2D eigenvalue weighted by Crippen LogP contribution is 2.61. The summed E-state index contributed by atoms with van der Waals surface area (Å²) in [7, 11) is 0. The van der Waals surface area contributed by atoms with Crippen LogP contribution in [-0.2, 0) is 28.6 Å². The molecule has 0 radical (unpaired) electrons. The lowest BCUT2D eigenvalue weighted by Crippen LogP contribution is -2.53. The van der Waals surface area contributed by atoms with Crippen LogP contribution in [0, 0.1) is 23.7 Å². The van der Waals surface area contributed by atoms with Gasteiger partial charge in [-0.1, -0.05) is 0 Å². The van der Waals surface area contributed by atoms with Crippen LogP contribution in [-0.4, -0.2) is 83.8 Å². The van der Waals surface area contributed by atoms with Crippen LogP contribution in [0.15, 0.2) is 0 Å². The minimum absolute atomic E-state index is 0.0235. The van der Waals surface area contributed by atoms with Crippen molar-refractivity contribution in [2.24, 2.45) is 23.7 Å². The minimum Gasteiger partial charge on any atom is -0.460 e. The van der Waals surface area contributed by atoms with E-state index in [0.717, 1.165) is 45.2 Å². The molecule has 0 aromatic rings. The van der Waals surface area contributed by atoms with E-state index in [-0.39, 0.29) is 41.6 Å². The lowest BCUT2D eigenvalue weighted by Gasteiger charge is -2.40. The molecule has 2 bridgehead atoms. The highest BCUT2D eigenvalue weighted by atomic mass is 16.6. The Labute approximate surface area is 202 Å². The van der Waals surface area contributed by atoms with E-state index in [2.05, 4.69) is 4.90 Å². The van der Waals surface area contributed by atoms with Crippen molar-refractivity contribution in [1.29, 1.82) is 0 Å². The molecule has 0 spiro atoms. The lowest BCUT2D eigenvalue weighted by molar-refractivity contribution is -0.173. The Bertz CT molecular complexity index is 826. The number of ether oxygens (including phenoxy) is 3. The van der Waals surface area contributed by atoms with Gasteiger partial charge in [-0.2, -0.15) is 0 Å². The Morgan fingerprint density at radius 2 is 1.79 bits per heavy atom. The molecule has 5 rings (SSSR count). The van der Waals surface area contributed by atoms with Gasteiger partial charge >= 0.3 is 11.9 Å². The standard InChI is InChI=1S/C26H40N2O6/c1-25(2,3)28-21-16-15-17(22(21)33-18(29)7-10-27-11-13-32-14-12-27)20(19(16)23(28)30)24(31)34-26(4)8-5-6-9-26/h16-17,19-22H,5-15H2,1-4H3. The summed E-state index contributed by atoms with van der Waals surface area (Å²) in [5, 5.41) is 0. The maximum absolute atomic E-state index is 13.6. The van der Waals surface area contributed by atoms with Crippen molar-refractivity contribution in [1.82, 2.24) is 9.80 Å². The first-order valence-corrected chi connectivity index (χ1v) is 13.1. The molecule has 5 aliphatic rings. The average molecular weight is 477 g/mol. The molecule has 2 saturated heterocycles. The van der Waals surface area contributed by atoms with E-state index < -0.39 is 23.2 Å². The van der Waals surface area contributed by atoms with Crippen LogP contribution < -0.4 is 0 Å². The van der Waals surface area contributed by atoms with Gasteiger partial charge in [0.05, 0.1) is 37.5 Å². The van der Waals surface area contributed by atoms with Gasteiger partial charge < -0.3 is 19.1 Å². The van der Waals surface area contributed by atoms with Crippen LogP contribution in [0.5, 0.6) is 0 Å². The second-order valence-electron chi connectivity index (χ2n) is 12.2. The Morgan fingerprint density at radius 1 is 1.12 bits per heavy atom. The zero-order chi connectivity index (χ0) is 24.3. The third-order valence-electron chi connectivity index (χ3n) is 8.88. The molecular weight excluding hydrogens is 436 g/mol. The zero-order valence-electron chi connectivity index (χ0n) is 21.1. The van der Waals surface area contributed by atoms with Gasteiger partial charge in [-0.3, -0.25) is 19.3 Å². The molecule has 190 valence electrons. The average Bonchev–Trinajstić information content (AvgIpc) is 3.49. The zero-order valence-corrected chi connectivity index (χ0v) is 21.1. The van der Waals surface area contributed by atoms with Crippen LogP contribution in [0.4, 0.5) is 0 Å². The van der Waals surface area contributed by atoms with Gasteiger partial charge in [-0.05, 0) is 65.7 Å². The number of rotatable bonds is 6. The predicted molar refractivity (Wildman–Crippen MR) is 124 cm³/mol. The van der Waals surface area contributed by atoms with Crippen LogP contribution in [0.3, 0.4) is 0 Å². The summed E-state index contributed by atoms with van der Waals surface area (Å²) >= 11 is 0. The summed E-state index contributed by atoms with van der Waals surface area (Å²) in [6, 6.07) is -0.152. The second kappa shape index (κ2) is 8.77. The van der Waals surface area contributed by atoms with Gasteiger partial charge in [0.1, 0.15) is 11.7 Å². The second-order valence-corrected chi connectivity index (χ2v) is 12.2. The minimum atomic E-state index is -0.518. The van der Waals surface area contributed by atoms with Crippen molar-refractivity contribution in [2.45, 2.75) is 89.5 Å². The van der Waals surface area contributed by atoms with E-state index >= 15 is 0 Å². The summed E-state index contributed by atoms with van der Waals surface area (Å²) in [6.45, 7) is 11.7. The monoisotopic (exact) mass is 476 g/mol. The third kappa shape index (κ3) is 4.15. The predicted octanol–water partition coefficient (Wildman–Crippen LogP) is 2.39. The van der Waals surface area contributed by atoms with Crippen molar-refractivity contribution in [2.75, 3.05) is 32.8 Å². The summed E-state index contributed by atoms with van der Waals surface area (Å²) < 4.78 is 17.6. The lowest BCUT2D eigenvalue weighted by atomic mass is 9.78. The fourth-order valence-corrected chi connectivity index (χ4v) is 7.39. The van der Waals surface area contributed by atoms with Crippen LogP contribution >= 0.6 is 0 Å². The van der Waals surface area contributed by atoms with Gasteiger partial charge in [-0.15, -0.1) is 0 Å². The third-order valence-corrected chi connectivity index (χ3v) is 8.88. The van der Waals surface area contributed by atoms with Crippen LogP contribution in [0.1, 0.15) is 66.2 Å². The fraction of sp³-hybridized carbons (Fsp3) is 0.885. The van der Waals surface area contributed by atoms with Gasteiger partial charge in [0, 0.05) is 31.1 Å². The largest absolute Gasteiger partial charge is 0.460 e. The first-order chi connectivity index (χ1) is 16.1. The summed E-state index contributed by atoms with van der Waals surface area (Å²) in [5.41, 5.74) is -0.841. The Hall–Kier alpha value is -1.67. The molecule has 8 heteroatoms. The van der Waals surface area contributed by atoms with Crippen molar-refractivity contribution < 1.29 is 28.6 Å². The molecule has 34 heavy (non-hydrogen) atoms. The number of carbonyl (C=O) groups excluding carboxylic acids is 3. The molecule has 2 heterocycles. The van der Waals surface area contributed by atoms with Gasteiger partial charge in [0.15, 0.2) is 0 Å². The normalized spacial score (nSPS) is 36.8. The maximum Gasteiger partial charge on any atom is 0.310 e. The van der Waals surface area contributed by atoms with Crippen molar-refractivity contribution >= 4 is 17.8 Å². The highest BCUT2D eigenvalue weighted by Gasteiger charge is 2.72. The smallest absolute Gasteiger partial charge is 0.310 e. The molecule has 0 aromatic heterocycles. The first kappa shape index (κ1) is 24.0. The molecule has 3 aliphatic carbocycles. The highest BCUT2D eigenvalue weighted by molar-refractivity contribution is 5.91. The summed E-state index contributed by atoms with van der Waals surface area (Å²) in [4.78, 5) is 44.2. The Balaban J connectivity index is 1.33. The molecule has 6 atom stereocenters. The van der Waals surface area contributed by atoms with Gasteiger partial charge in [-0.25, -0.2) is 0 Å². The summed E-state index contributed by atoms with van der Waals surface area (Å²) in [6.07, 6.45) is 4.46.